The van der Waals surface area contributed by atoms with E-state index in [9.17, 15) is 13.2 Å². The third-order valence-electron chi connectivity index (χ3n) is 2.44. The quantitative estimate of drug-likeness (QED) is 0.488. The monoisotopic (exact) mass is 275 g/mol. The maximum absolute atomic E-state index is 11.7. The number of hydrogen-bond donors (Lipinski definition) is 1. The number of hydrogen-bond acceptors (Lipinski definition) is 2. The second-order valence-electron chi connectivity index (χ2n) is 3.98. The lowest BCUT2D eigenvalue weighted by molar-refractivity contribution is -0.173. The number of nitrogens with one attached hydrogen (secondary N) is 1. The molecule has 0 amide bonds. The van der Waals surface area contributed by atoms with E-state index < -0.39 is 12.8 Å². The molecule has 2 nitrogen and oxygen atoms in total. The van der Waals surface area contributed by atoms with Crippen LogP contribution < -0.4 is 5.32 Å². The second kappa shape index (κ2) is 9.97. The fourth-order valence-corrected chi connectivity index (χ4v) is 1.71. The maximum atomic E-state index is 11.7. The Kier molecular flexibility index (Phi) is 9.97. The molecule has 17 heavy (non-hydrogen) atoms. The van der Waals surface area contributed by atoms with Crippen LogP contribution in [-0.4, -0.2) is 38.4 Å². The predicted octanol–water partition coefficient (Wildman–Crippen LogP) is 3.20. The topological polar surface area (TPSA) is 21.3 Å². The molecule has 0 spiro atoms. The van der Waals surface area contributed by atoms with Crippen LogP contribution in [0.5, 0.6) is 0 Å². The highest BCUT2D eigenvalue weighted by molar-refractivity contribution is 6.17. The average Bonchev–Trinajstić information content (AvgIpc) is 2.24. The highest BCUT2D eigenvalue weighted by Gasteiger charge is 2.27. The number of alkyl halides is 4. The van der Waals surface area contributed by atoms with Gasteiger partial charge in [0.05, 0.1) is 0 Å². The number of rotatable bonds is 10. The summed E-state index contributed by atoms with van der Waals surface area (Å²) >= 11 is 5.64. The summed E-state index contributed by atoms with van der Waals surface area (Å²) < 4.78 is 39.6. The van der Waals surface area contributed by atoms with Gasteiger partial charge in [-0.15, -0.1) is 11.6 Å². The van der Waals surface area contributed by atoms with Crippen molar-refractivity contribution in [2.45, 2.75) is 32.4 Å². The largest absolute Gasteiger partial charge is 0.411 e. The number of ether oxygens (including phenoxy) is 1. The first kappa shape index (κ1) is 17.0. The lowest BCUT2D eigenvalue weighted by Gasteiger charge is -2.14. The van der Waals surface area contributed by atoms with Gasteiger partial charge in [-0.1, -0.05) is 13.3 Å². The van der Waals surface area contributed by atoms with E-state index in [4.69, 9.17) is 11.6 Å². The van der Waals surface area contributed by atoms with E-state index in [1.165, 1.54) is 0 Å². The van der Waals surface area contributed by atoms with E-state index in [1.807, 2.05) is 0 Å². The molecule has 0 radical (unpaired) electrons. The van der Waals surface area contributed by atoms with Crippen molar-refractivity contribution in [2.24, 2.45) is 5.92 Å². The van der Waals surface area contributed by atoms with Crippen LogP contribution in [0.15, 0.2) is 0 Å². The summed E-state index contributed by atoms with van der Waals surface area (Å²) in [5.74, 6) is 1.19. The van der Waals surface area contributed by atoms with Gasteiger partial charge < -0.3 is 10.1 Å². The van der Waals surface area contributed by atoms with Crippen LogP contribution in [0.2, 0.25) is 0 Å². The van der Waals surface area contributed by atoms with Gasteiger partial charge in [-0.3, -0.25) is 0 Å². The van der Waals surface area contributed by atoms with Crippen molar-refractivity contribution in [3.63, 3.8) is 0 Å². The standard InChI is InChI=1S/C11H21ClF3NO/c1-2-10(4-5-12)8-16-6-3-7-17-9-11(13,14)15/h10,16H,2-9H2,1H3. The summed E-state index contributed by atoms with van der Waals surface area (Å²) in [7, 11) is 0. The SMILES string of the molecule is CCC(CCCl)CNCCCOCC(F)(F)F. The minimum Gasteiger partial charge on any atom is -0.372 e. The van der Waals surface area contributed by atoms with Gasteiger partial charge in [0.1, 0.15) is 6.61 Å². The minimum atomic E-state index is -4.22. The smallest absolute Gasteiger partial charge is 0.372 e. The summed E-state index contributed by atoms with van der Waals surface area (Å²) in [6, 6.07) is 0. The summed E-state index contributed by atoms with van der Waals surface area (Å²) in [5.41, 5.74) is 0. The molecule has 0 aromatic rings. The minimum absolute atomic E-state index is 0.138. The second-order valence-corrected chi connectivity index (χ2v) is 4.36. The molecule has 0 aliphatic rings. The van der Waals surface area contributed by atoms with E-state index in [-0.39, 0.29) is 6.61 Å². The van der Waals surface area contributed by atoms with E-state index >= 15 is 0 Å². The molecule has 0 aromatic carbocycles. The Morgan fingerprint density at radius 2 is 2.06 bits per heavy atom. The van der Waals surface area contributed by atoms with Crippen molar-refractivity contribution in [1.82, 2.24) is 5.32 Å². The Morgan fingerprint density at radius 1 is 1.35 bits per heavy atom. The van der Waals surface area contributed by atoms with E-state index in [1.54, 1.807) is 0 Å². The fourth-order valence-electron chi connectivity index (χ4n) is 1.40. The first-order chi connectivity index (χ1) is 7.99. The third kappa shape index (κ3) is 12.2. The van der Waals surface area contributed by atoms with Crippen molar-refractivity contribution in [2.75, 3.05) is 32.2 Å². The first-order valence-corrected chi connectivity index (χ1v) is 6.44. The highest BCUT2D eigenvalue weighted by atomic mass is 35.5. The molecular formula is C11H21ClF3NO. The molecule has 1 N–H and O–H groups in total. The zero-order chi connectivity index (χ0) is 13.1. The normalized spacial score (nSPS) is 13.9. The van der Waals surface area contributed by atoms with Crippen LogP contribution in [0.4, 0.5) is 13.2 Å². The Labute approximate surface area is 106 Å². The maximum Gasteiger partial charge on any atom is 0.411 e. The van der Waals surface area contributed by atoms with E-state index in [0.717, 1.165) is 19.4 Å². The van der Waals surface area contributed by atoms with Gasteiger partial charge in [0.25, 0.3) is 0 Å². The van der Waals surface area contributed by atoms with Crippen LogP contribution in [0, 0.1) is 5.92 Å². The molecular weight excluding hydrogens is 255 g/mol. The zero-order valence-electron chi connectivity index (χ0n) is 10.2. The summed E-state index contributed by atoms with van der Waals surface area (Å²) in [6.07, 6.45) is -1.60. The van der Waals surface area contributed by atoms with E-state index in [2.05, 4.69) is 17.0 Å². The molecule has 0 aliphatic heterocycles. The van der Waals surface area contributed by atoms with Crippen LogP contribution in [0.1, 0.15) is 26.2 Å². The molecule has 1 unspecified atom stereocenters. The third-order valence-corrected chi connectivity index (χ3v) is 2.65. The highest BCUT2D eigenvalue weighted by Crippen LogP contribution is 2.14. The van der Waals surface area contributed by atoms with Gasteiger partial charge in [-0.25, -0.2) is 0 Å². The first-order valence-electron chi connectivity index (χ1n) is 5.90. The molecule has 0 saturated heterocycles. The van der Waals surface area contributed by atoms with E-state index in [0.29, 0.717) is 24.8 Å². The van der Waals surface area contributed by atoms with Crippen molar-refractivity contribution in [3.05, 3.63) is 0 Å². The van der Waals surface area contributed by atoms with Crippen molar-refractivity contribution in [1.29, 1.82) is 0 Å². The summed E-state index contributed by atoms with van der Waals surface area (Å²) in [5, 5.41) is 3.20. The zero-order valence-corrected chi connectivity index (χ0v) is 10.9. The van der Waals surface area contributed by atoms with Gasteiger partial charge in [0, 0.05) is 12.5 Å². The van der Waals surface area contributed by atoms with Gasteiger partial charge in [0.15, 0.2) is 0 Å². The molecule has 0 rings (SSSR count). The molecule has 1 atom stereocenters. The average molecular weight is 276 g/mol. The van der Waals surface area contributed by atoms with Crippen LogP contribution in [0.3, 0.4) is 0 Å². The van der Waals surface area contributed by atoms with Crippen molar-refractivity contribution in [3.8, 4) is 0 Å². The van der Waals surface area contributed by atoms with Crippen LogP contribution in [0.25, 0.3) is 0 Å². The lowest BCUT2D eigenvalue weighted by Crippen LogP contribution is -2.25. The fraction of sp³-hybridized carbons (Fsp3) is 1.00. The molecule has 0 aromatic heterocycles. The van der Waals surface area contributed by atoms with Crippen molar-refractivity contribution < 1.29 is 17.9 Å². The predicted molar refractivity (Wildman–Crippen MR) is 63.5 cm³/mol. The summed E-state index contributed by atoms with van der Waals surface area (Å²) in [4.78, 5) is 0. The Hall–Kier alpha value is -0.0000000000000000555. The molecule has 0 saturated carbocycles. The van der Waals surface area contributed by atoms with Gasteiger partial charge in [-0.05, 0) is 31.8 Å². The Morgan fingerprint density at radius 3 is 2.59 bits per heavy atom. The molecule has 0 heterocycles. The molecule has 0 aliphatic carbocycles. The Bertz CT molecular complexity index is 179. The molecule has 104 valence electrons. The molecule has 0 bridgehead atoms. The molecule has 6 heteroatoms. The van der Waals surface area contributed by atoms with Crippen molar-refractivity contribution >= 4 is 11.6 Å². The van der Waals surface area contributed by atoms with Gasteiger partial charge >= 0.3 is 6.18 Å². The van der Waals surface area contributed by atoms with Crippen LogP contribution in [-0.2, 0) is 4.74 Å². The van der Waals surface area contributed by atoms with Crippen LogP contribution >= 0.6 is 11.6 Å². The number of halogens is 4. The van der Waals surface area contributed by atoms with Gasteiger partial charge in [0.2, 0.25) is 0 Å². The summed E-state index contributed by atoms with van der Waals surface area (Å²) in [6.45, 7) is 2.63. The Balaban J connectivity index is 3.28. The van der Waals surface area contributed by atoms with Gasteiger partial charge in [-0.2, -0.15) is 13.2 Å². The lowest BCUT2D eigenvalue weighted by atomic mass is 10.0. The molecule has 0 fully saturated rings.